The normalized spacial score (nSPS) is 25.4. The largest absolute Gasteiger partial charge is 0.378 e. The van der Waals surface area contributed by atoms with Crippen molar-refractivity contribution in [3.63, 3.8) is 0 Å². The molecule has 5 heteroatoms. The smallest absolute Gasteiger partial charge is 0.148 e. The first-order chi connectivity index (χ1) is 7.35. The monoisotopic (exact) mass is 209 g/mol. The van der Waals surface area contributed by atoms with Crippen LogP contribution in [0, 0.1) is 0 Å². The first-order valence-corrected chi connectivity index (χ1v) is 4.99. The quantitative estimate of drug-likeness (QED) is 0.790. The van der Waals surface area contributed by atoms with Gasteiger partial charge in [0.05, 0.1) is 6.61 Å². The molecule has 0 bridgehead atoms. The maximum atomic E-state index is 5.48. The van der Waals surface area contributed by atoms with E-state index in [2.05, 4.69) is 15.5 Å². The van der Waals surface area contributed by atoms with Gasteiger partial charge in [0.15, 0.2) is 0 Å². The van der Waals surface area contributed by atoms with E-state index < -0.39 is 0 Å². The molecule has 1 aromatic rings. The number of nitrogens with one attached hydrogen (secondary N) is 1. The van der Waals surface area contributed by atoms with Crippen LogP contribution in [0.3, 0.4) is 0 Å². The van der Waals surface area contributed by atoms with Crippen LogP contribution in [0.15, 0.2) is 18.3 Å². The summed E-state index contributed by atoms with van der Waals surface area (Å²) in [6.07, 6.45) is 2.56. The van der Waals surface area contributed by atoms with Gasteiger partial charge < -0.3 is 14.8 Å². The lowest BCUT2D eigenvalue weighted by Gasteiger charge is -2.25. The van der Waals surface area contributed by atoms with Crippen LogP contribution in [0.2, 0.25) is 0 Å². The van der Waals surface area contributed by atoms with Crippen molar-refractivity contribution in [1.82, 2.24) is 10.2 Å². The van der Waals surface area contributed by atoms with E-state index in [1.165, 1.54) is 0 Å². The van der Waals surface area contributed by atoms with Crippen molar-refractivity contribution in [2.24, 2.45) is 0 Å². The lowest BCUT2D eigenvalue weighted by Crippen LogP contribution is -2.39. The number of anilines is 1. The van der Waals surface area contributed by atoms with Gasteiger partial charge in [-0.25, -0.2) is 0 Å². The van der Waals surface area contributed by atoms with Crippen LogP contribution in [-0.4, -0.2) is 42.7 Å². The Hall–Kier alpha value is -1.20. The Balaban J connectivity index is 1.92. The van der Waals surface area contributed by atoms with Crippen LogP contribution in [0.4, 0.5) is 5.82 Å². The summed E-state index contributed by atoms with van der Waals surface area (Å²) in [6.45, 7) is 2.09. The standard InChI is InChI=1S/C10H15N3O2/c1-14-10(4-6-15-8-10)7-11-9-3-2-5-12-13-9/h2-3,5H,4,6-8H2,1H3,(H,11,13). The van der Waals surface area contributed by atoms with Gasteiger partial charge in [-0.1, -0.05) is 0 Å². The molecule has 0 aliphatic carbocycles. The van der Waals surface area contributed by atoms with Gasteiger partial charge in [-0.2, -0.15) is 5.10 Å². The molecule has 0 aromatic carbocycles. The lowest BCUT2D eigenvalue weighted by atomic mass is 10.0. The number of ether oxygens (including phenoxy) is 2. The first kappa shape index (κ1) is 10.3. The molecule has 2 heterocycles. The highest BCUT2D eigenvalue weighted by atomic mass is 16.5. The minimum absolute atomic E-state index is 0.211. The second-order valence-electron chi connectivity index (χ2n) is 3.65. The number of rotatable bonds is 4. The maximum Gasteiger partial charge on any atom is 0.148 e. The molecule has 1 N–H and O–H groups in total. The van der Waals surface area contributed by atoms with Gasteiger partial charge in [-0.3, -0.25) is 0 Å². The first-order valence-electron chi connectivity index (χ1n) is 4.99. The van der Waals surface area contributed by atoms with E-state index in [0.717, 1.165) is 18.8 Å². The minimum atomic E-state index is -0.211. The Kier molecular flexibility index (Phi) is 3.13. The topological polar surface area (TPSA) is 56.3 Å². The number of aromatic nitrogens is 2. The molecule has 0 saturated carbocycles. The third-order valence-corrected chi connectivity index (χ3v) is 2.66. The van der Waals surface area contributed by atoms with E-state index >= 15 is 0 Å². The molecule has 2 rings (SSSR count). The van der Waals surface area contributed by atoms with Gasteiger partial charge in [0.1, 0.15) is 11.4 Å². The fourth-order valence-electron chi connectivity index (χ4n) is 1.61. The molecule has 1 unspecified atom stereocenters. The van der Waals surface area contributed by atoms with Gasteiger partial charge in [0, 0.05) is 32.9 Å². The summed E-state index contributed by atoms with van der Waals surface area (Å²) in [5.41, 5.74) is -0.211. The molecular weight excluding hydrogens is 194 g/mol. The number of nitrogens with zero attached hydrogens (tertiary/aromatic N) is 2. The second kappa shape index (κ2) is 4.55. The SMILES string of the molecule is COC1(CNc2cccnn2)CCOC1. The molecule has 1 fully saturated rings. The highest BCUT2D eigenvalue weighted by molar-refractivity contribution is 5.32. The van der Waals surface area contributed by atoms with Gasteiger partial charge >= 0.3 is 0 Å². The van der Waals surface area contributed by atoms with Crippen molar-refractivity contribution in [3.8, 4) is 0 Å². The van der Waals surface area contributed by atoms with Crippen LogP contribution in [0.1, 0.15) is 6.42 Å². The molecular formula is C10H15N3O2. The average Bonchev–Trinajstić information content (AvgIpc) is 2.77. The third-order valence-electron chi connectivity index (χ3n) is 2.66. The van der Waals surface area contributed by atoms with Crippen molar-refractivity contribution in [1.29, 1.82) is 0 Å². The molecule has 0 spiro atoms. The Bertz CT molecular complexity index is 299. The zero-order valence-corrected chi connectivity index (χ0v) is 8.77. The fourth-order valence-corrected chi connectivity index (χ4v) is 1.61. The molecule has 15 heavy (non-hydrogen) atoms. The van der Waals surface area contributed by atoms with Gasteiger partial charge in [-0.05, 0) is 12.1 Å². The van der Waals surface area contributed by atoms with Crippen LogP contribution in [0.25, 0.3) is 0 Å². The number of hydrogen-bond acceptors (Lipinski definition) is 5. The molecule has 1 atom stereocenters. The summed E-state index contributed by atoms with van der Waals surface area (Å²) in [5.74, 6) is 0.765. The summed E-state index contributed by atoms with van der Waals surface area (Å²) in [7, 11) is 1.72. The number of hydrogen-bond donors (Lipinski definition) is 1. The molecule has 82 valence electrons. The van der Waals surface area contributed by atoms with Crippen molar-refractivity contribution >= 4 is 5.82 Å². The Morgan fingerprint density at radius 2 is 2.60 bits per heavy atom. The predicted octanol–water partition coefficient (Wildman–Crippen LogP) is 0.694. The molecule has 1 aromatic heterocycles. The van der Waals surface area contributed by atoms with E-state index in [9.17, 15) is 0 Å². The Labute approximate surface area is 88.8 Å². The molecule has 5 nitrogen and oxygen atoms in total. The van der Waals surface area contributed by atoms with Crippen molar-refractivity contribution in [3.05, 3.63) is 18.3 Å². The van der Waals surface area contributed by atoms with Gasteiger partial charge in [0.25, 0.3) is 0 Å². The summed E-state index contributed by atoms with van der Waals surface area (Å²) in [6, 6.07) is 3.73. The maximum absolute atomic E-state index is 5.48. The Morgan fingerprint density at radius 1 is 1.67 bits per heavy atom. The average molecular weight is 209 g/mol. The summed E-state index contributed by atoms with van der Waals surface area (Å²) >= 11 is 0. The number of methoxy groups -OCH3 is 1. The van der Waals surface area contributed by atoms with E-state index in [4.69, 9.17) is 9.47 Å². The highest BCUT2D eigenvalue weighted by Gasteiger charge is 2.34. The van der Waals surface area contributed by atoms with Crippen molar-refractivity contribution in [2.75, 3.05) is 32.2 Å². The molecule has 1 aliphatic heterocycles. The lowest BCUT2D eigenvalue weighted by molar-refractivity contribution is -0.00626. The fraction of sp³-hybridized carbons (Fsp3) is 0.600. The van der Waals surface area contributed by atoms with Gasteiger partial charge in [0.2, 0.25) is 0 Å². The second-order valence-corrected chi connectivity index (χ2v) is 3.65. The zero-order chi connectivity index (χ0) is 10.6. The molecule has 0 amide bonds. The third kappa shape index (κ3) is 2.43. The van der Waals surface area contributed by atoms with E-state index in [0.29, 0.717) is 13.2 Å². The van der Waals surface area contributed by atoms with E-state index in [-0.39, 0.29) is 5.60 Å². The van der Waals surface area contributed by atoms with Crippen molar-refractivity contribution < 1.29 is 9.47 Å². The Morgan fingerprint density at radius 3 is 3.20 bits per heavy atom. The zero-order valence-electron chi connectivity index (χ0n) is 8.77. The summed E-state index contributed by atoms with van der Waals surface area (Å²) < 4.78 is 10.8. The summed E-state index contributed by atoms with van der Waals surface area (Å²) in [4.78, 5) is 0. The van der Waals surface area contributed by atoms with E-state index in [1.807, 2.05) is 12.1 Å². The molecule has 1 saturated heterocycles. The van der Waals surface area contributed by atoms with Crippen molar-refractivity contribution in [2.45, 2.75) is 12.0 Å². The van der Waals surface area contributed by atoms with Crippen LogP contribution in [0.5, 0.6) is 0 Å². The minimum Gasteiger partial charge on any atom is -0.378 e. The van der Waals surface area contributed by atoms with Crippen LogP contribution in [-0.2, 0) is 9.47 Å². The van der Waals surface area contributed by atoms with E-state index in [1.54, 1.807) is 13.3 Å². The van der Waals surface area contributed by atoms with Crippen LogP contribution < -0.4 is 5.32 Å². The molecule has 1 aliphatic rings. The van der Waals surface area contributed by atoms with Crippen LogP contribution >= 0.6 is 0 Å². The predicted molar refractivity (Wildman–Crippen MR) is 55.7 cm³/mol. The summed E-state index contributed by atoms with van der Waals surface area (Å²) in [5, 5.41) is 10.9. The molecule has 0 radical (unpaired) electrons. The van der Waals surface area contributed by atoms with Gasteiger partial charge in [-0.15, -0.1) is 5.10 Å². The highest BCUT2D eigenvalue weighted by Crippen LogP contribution is 2.22.